The number of carboxylic acids is 1. The zero-order chi connectivity index (χ0) is 15.0. The van der Waals surface area contributed by atoms with Gasteiger partial charge in [-0.25, -0.2) is 9.48 Å². The lowest BCUT2D eigenvalue weighted by atomic mass is 10.1. The number of carboxylic acid groups (broad SMARTS) is 1. The molecule has 0 saturated heterocycles. The Kier molecular flexibility index (Phi) is 3.27. The maximum atomic E-state index is 11.1. The van der Waals surface area contributed by atoms with E-state index in [1.54, 1.807) is 19.9 Å². The summed E-state index contributed by atoms with van der Waals surface area (Å²) in [5.41, 5.74) is 2.15. The number of benzene rings is 1. The van der Waals surface area contributed by atoms with Crippen molar-refractivity contribution in [2.45, 2.75) is 20.8 Å². The number of nitro groups is 1. The molecule has 0 bridgehead atoms. The number of aromatic carboxylic acids is 1. The zero-order valence-corrected chi connectivity index (χ0v) is 11.2. The molecule has 1 aromatic carbocycles. The summed E-state index contributed by atoms with van der Waals surface area (Å²) in [6.07, 6.45) is 1.47. The van der Waals surface area contributed by atoms with Crippen molar-refractivity contribution in [3.05, 3.63) is 50.8 Å². The quantitative estimate of drug-likeness (QED) is 0.685. The second-order valence-corrected chi connectivity index (χ2v) is 4.59. The Bertz CT molecular complexity index is 719. The number of aryl methyl sites for hydroxylation is 3. The molecule has 20 heavy (non-hydrogen) atoms. The third kappa shape index (κ3) is 2.25. The van der Waals surface area contributed by atoms with Gasteiger partial charge >= 0.3 is 5.97 Å². The van der Waals surface area contributed by atoms with Gasteiger partial charge in [-0.3, -0.25) is 10.1 Å². The lowest BCUT2D eigenvalue weighted by Crippen LogP contribution is -2.05. The highest BCUT2D eigenvalue weighted by molar-refractivity contribution is 5.87. The number of rotatable bonds is 3. The van der Waals surface area contributed by atoms with Crippen molar-refractivity contribution in [2.75, 3.05) is 0 Å². The van der Waals surface area contributed by atoms with Crippen LogP contribution in [0.25, 0.3) is 5.69 Å². The van der Waals surface area contributed by atoms with E-state index in [2.05, 4.69) is 5.10 Å². The summed E-state index contributed by atoms with van der Waals surface area (Å²) >= 11 is 0. The van der Waals surface area contributed by atoms with Gasteiger partial charge in [0.1, 0.15) is 5.69 Å². The first kappa shape index (κ1) is 13.7. The molecule has 0 saturated carbocycles. The van der Waals surface area contributed by atoms with Gasteiger partial charge in [0.15, 0.2) is 5.69 Å². The van der Waals surface area contributed by atoms with Gasteiger partial charge < -0.3 is 5.11 Å². The number of hydrogen-bond donors (Lipinski definition) is 1. The van der Waals surface area contributed by atoms with E-state index in [4.69, 9.17) is 5.11 Å². The molecule has 0 amide bonds. The molecule has 2 rings (SSSR count). The van der Waals surface area contributed by atoms with E-state index in [0.29, 0.717) is 5.56 Å². The van der Waals surface area contributed by atoms with Crippen LogP contribution in [0, 0.1) is 30.9 Å². The van der Waals surface area contributed by atoms with Crippen LogP contribution in [0.5, 0.6) is 0 Å². The normalized spacial score (nSPS) is 10.6. The van der Waals surface area contributed by atoms with Crippen LogP contribution in [0.4, 0.5) is 5.69 Å². The van der Waals surface area contributed by atoms with Gasteiger partial charge in [-0.15, -0.1) is 0 Å². The molecule has 0 radical (unpaired) electrons. The minimum atomic E-state index is -1.16. The van der Waals surface area contributed by atoms with Crippen LogP contribution in [0.1, 0.15) is 27.2 Å². The first-order valence-electron chi connectivity index (χ1n) is 5.87. The Morgan fingerprint density at radius 3 is 2.35 bits per heavy atom. The molecule has 0 aliphatic carbocycles. The van der Waals surface area contributed by atoms with Crippen molar-refractivity contribution < 1.29 is 14.8 Å². The molecule has 0 atom stereocenters. The summed E-state index contributed by atoms with van der Waals surface area (Å²) in [4.78, 5) is 21.6. The number of nitrogens with zero attached hydrogens (tertiary/aromatic N) is 3. The molecule has 1 aromatic heterocycles. The van der Waals surface area contributed by atoms with Gasteiger partial charge in [-0.05, 0) is 38.0 Å². The van der Waals surface area contributed by atoms with Crippen molar-refractivity contribution in [1.82, 2.24) is 9.78 Å². The van der Waals surface area contributed by atoms with E-state index in [9.17, 15) is 14.9 Å². The lowest BCUT2D eigenvalue weighted by molar-refractivity contribution is -0.384. The van der Waals surface area contributed by atoms with Gasteiger partial charge in [0.05, 0.1) is 4.92 Å². The minimum absolute atomic E-state index is 0.104. The van der Waals surface area contributed by atoms with E-state index in [-0.39, 0.29) is 17.1 Å². The average molecular weight is 275 g/mol. The SMILES string of the molecule is Cc1cc(-n2cc(C)c(C(=O)O)n2)c([N+](=O)[O-])cc1C. The Labute approximate surface area is 114 Å². The number of carbonyl (C=O) groups is 1. The topological polar surface area (TPSA) is 98.3 Å². The van der Waals surface area contributed by atoms with Crippen LogP contribution in [0.3, 0.4) is 0 Å². The monoisotopic (exact) mass is 275 g/mol. The summed E-state index contributed by atoms with van der Waals surface area (Å²) in [5.74, 6) is -1.16. The largest absolute Gasteiger partial charge is 0.476 e. The fraction of sp³-hybridized carbons (Fsp3) is 0.231. The minimum Gasteiger partial charge on any atom is -0.476 e. The summed E-state index contributed by atoms with van der Waals surface area (Å²) in [6.45, 7) is 5.21. The second kappa shape index (κ2) is 4.76. The average Bonchev–Trinajstić information content (AvgIpc) is 2.74. The highest BCUT2D eigenvalue weighted by atomic mass is 16.6. The molecule has 0 unspecified atom stereocenters. The smallest absolute Gasteiger partial charge is 0.356 e. The van der Waals surface area contributed by atoms with Crippen molar-refractivity contribution in [1.29, 1.82) is 0 Å². The van der Waals surface area contributed by atoms with Crippen LogP contribution in [-0.4, -0.2) is 25.8 Å². The summed E-state index contributed by atoms with van der Waals surface area (Å²) in [5, 5.41) is 24.0. The fourth-order valence-corrected chi connectivity index (χ4v) is 1.91. The van der Waals surface area contributed by atoms with E-state index in [1.807, 2.05) is 6.92 Å². The van der Waals surface area contributed by atoms with E-state index in [1.165, 1.54) is 16.9 Å². The first-order valence-corrected chi connectivity index (χ1v) is 5.87. The molecular weight excluding hydrogens is 262 g/mol. The van der Waals surface area contributed by atoms with E-state index < -0.39 is 10.9 Å². The molecule has 0 fully saturated rings. The molecule has 7 nitrogen and oxygen atoms in total. The van der Waals surface area contributed by atoms with Gasteiger partial charge in [0.2, 0.25) is 0 Å². The number of aromatic nitrogens is 2. The molecule has 2 aromatic rings. The van der Waals surface area contributed by atoms with Crippen LogP contribution >= 0.6 is 0 Å². The van der Waals surface area contributed by atoms with Crippen LogP contribution in [0.15, 0.2) is 18.3 Å². The third-order valence-corrected chi connectivity index (χ3v) is 3.13. The Hall–Kier alpha value is -2.70. The van der Waals surface area contributed by atoms with Crippen LogP contribution in [-0.2, 0) is 0 Å². The van der Waals surface area contributed by atoms with Crippen LogP contribution < -0.4 is 0 Å². The van der Waals surface area contributed by atoms with E-state index in [0.717, 1.165) is 11.1 Å². The molecule has 0 aliphatic rings. The third-order valence-electron chi connectivity index (χ3n) is 3.13. The highest BCUT2D eigenvalue weighted by Gasteiger charge is 2.20. The van der Waals surface area contributed by atoms with Gasteiger partial charge in [-0.1, -0.05) is 0 Å². The van der Waals surface area contributed by atoms with Gasteiger partial charge in [0.25, 0.3) is 5.69 Å². The molecule has 104 valence electrons. The summed E-state index contributed by atoms with van der Waals surface area (Å²) < 4.78 is 1.24. The van der Waals surface area contributed by atoms with Crippen LogP contribution in [0.2, 0.25) is 0 Å². The summed E-state index contributed by atoms with van der Waals surface area (Å²) in [7, 11) is 0. The first-order chi connectivity index (χ1) is 9.31. The lowest BCUT2D eigenvalue weighted by Gasteiger charge is -2.06. The van der Waals surface area contributed by atoms with Crippen molar-refractivity contribution in [3.8, 4) is 5.69 Å². The molecule has 7 heteroatoms. The summed E-state index contributed by atoms with van der Waals surface area (Å²) in [6, 6.07) is 3.09. The van der Waals surface area contributed by atoms with Crippen molar-refractivity contribution >= 4 is 11.7 Å². The highest BCUT2D eigenvalue weighted by Crippen LogP contribution is 2.27. The molecule has 1 N–H and O–H groups in total. The molecular formula is C13H13N3O4. The Morgan fingerprint density at radius 1 is 1.25 bits per heavy atom. The molecule has 0 spiro atoms. The van der Waals surface area contributed by atoms with Gasteiger partial charge in [0, 0.05) is 17.8 Å². The number of nitro benzene ring substituents is 1. The van der Waals surface area contributed by atoms with Gasteiger partial charge in [-0.2, -0.15) is 5.10 Å². The Balaban J connectivity index is 2.68. The molecule has 1 heterocycles. The maximum absolute atomic E-state index is 11.1. The standard InChI is InChI=1S/C13H13N3O4/c1-7-4-10(11(16(19)20)5-8(7)2)15-6-9(3)12(14-15)13(17)18/h4-6H,1-3H3,(H,17,18). The number of hydrogen-bond acceptors (Lipinski definition) is 4. The predicted molar refractivity (Wildman–Crippen MR) is 71.4 cm³/mol. The maximum Gasteiger partial charge on any atom is 0.356 e. The Morgan fingerprint density at radius 2 is 1.85 bits per heavy atom. The molecule has 0 aliphatic heterocycles. The fourth-order valence-electron chi connectivity index (χ4n) is 1.91. The van der Waals surface area contributed by atoms with Crippen molar-refractivity contribution in [3.63, 3.8) is 0 Å². The predicted octanol–water partition coefficient (Wildman–Crippen LogP) is 2.40. The van der Waals surface area contributed by atoms with E-state index >= 15 is 0 Å². The second-order valence-electron chi connectivity index (χ2n) is 4.59. The zero-order valence-electron chi connectivity index (χ0n) is 11.2. The van der Waals surface area contributed by atoms with Crippen molar-refractivity contribution in [2.24, 2.45) is 0 Å².